The van der Waals surface area contributed by atoms with Gasteiger partial charge in [-0.1, -0.05) is 13.3 Å². The van der Waals surface area contributed by atoms with Crippen LogP contribution >= 0.6 is 0 Å². The zero-order chi connectivity index (χ0) is 9.36. The molecule has 0 atom stereocenters. The summed E-state index contributed by atoms with van der Waals surface area (Å²) in [5.41, 5.74) is 0. The lowest BCUT2D eigenvalue weighted by Crippen LogP contribution is -2.20. The molecule has 1 aliphatic heterocycles. The number of unbranched alkanes of at least 4 members (excludes halogenated alkanes) is 2. The van der Waals surface area contributed by atoms with Crippen molar-refractivity contribution >= 4 is 0 Å². The number of hydrogen-bond donors (Lipinski definition) is 1. The fourth-order valence-electron chi connectivity index (χ4n) is 1.95. The van der Waals surface area contributed by atoms with Crippen molar-refractivity contribution in [1.29, 1.82) is 0 Å². The molecule has 0 spiro atoms. The van der Waals surface area contributed by atoms with Crippen LogP contribution in [0, 0.1) is 0 Å². The number of likely N-dealkylation sites (tertiary alicyclic amines) is 1. The first kappa shape index (κ1) is 11.0. The maximum absolute atomic E-state index is 3.36. The molecule has 0 bridgehead atoms. The summed E-state index contributed by atoms with van der Waals surface area (Å²) in [5, 5.41) is 3.36. The Labute approximate surface area is 82.7 Å². The van der Waals surface area contributed by atoms with Crippen molar-refractivity contribution in [2.24, 2.45) is 0 Å². The molecule has 0 unspecified atom stereocenters. The SMILES string of the molecule is CCNCCCCCN1CCCC1. The van der Waals surface area contributed by atoms with E-state index < -0.39 is 0 Å². The third-order valence-corrected chi connectivity index (χ3v) is 2.78. The predicted octanol–water partition coefficient (Wildman–Crippen LogP) is 1.86. The molecule has 0 amide bonds. The molecule has 13 heavy (non-hydrogen) atoms. The molecule has 1 saturated heterocycles. The summed E-state index contributed by atoms with van der Waals surface area (Å²) in [6.07, 6.45) is 6.99. The Bertz CT molecular complexity index is 109. The van der Waals surface area contributed by atoms with Gasteiger partial charge in [-0.3, -0.25) is 0 Å². The highest BCUT2D eigenvalue weighted by molar-refractivity contribution is 4.65. The van der Waals surface area contributed by atoms with Crippen molar-refractivity contribution in [2.45, 2.75) is 39.0 Å². The van der Waals surface area contributed by atoms with Gasteiger partial charge in [0.1, 0.15) is 0 Å². The Morgan fingerprint density at radius 3 is 2.54 bits per heavy atom. The largest absolute Gasteiger partial charge is 0.317 e. The summed E-state index contributed by atoms with van der Waals surface area (Å²) in [6.45, 7) is 8.54. The molecule has 1 heterocycles. The lowest BCUT2D eigenvalue weighted by atomic mass is 10.2. The molecule has 78 valence electrons. The van der Waals surface area contributed by atoms with Crippen molar-refractivity contribution in [3.8, 4) is 0 Å². The lowest BCUT2D eigenvalue weighted by molar-refractivity contribution is 0.328. The molecule has 1 rings (SSSR count). The zero-order valence-corrected chi connectivity index (χ0v) is 9.02. The van der Waals surface area contributed by atoms with Crippen LogP contribution in [-0.4, -0.2) is 37.6 Å². The highest BCUT2D eigenvalue weighted by atomic mass is 15.1. The molecule has 2 nitrogen and oxygen atoms in total. The monoisotopic (exact) mass is 184 g/mol. The molecule has 2 heteroatoms. The van der Waals surface area contributed by atoms with E-state index in [1.807, 2.05) is 0 Å². The minimum atomic E-state index is 1.12. The van der Waals surface area contributed by atoms with Gasteiger partial charge in [0.25, 0.3) is 0 Å². The second-order valence-corrected chi connectivity index (χ2v) is 3.96. The van der Waals surface area contributed by atoms with Gasteiger partial charge < -0.3 is 10.2 Å². The van der Waals surface area contributed by atoms with Gasteiger partial charge in [0, 0.05) is 0 Å². The molecule has 1 fully saturated rings. The highest BCUT2D eigenvalue weighted by Gasteiger charge is 2.09. The lowest BCUT2D eigenvalue weighted by Gasteiger charge is -2.13. The number of nitrogens with zero attached hydrogens (tertiary/aromatic N) is 1. The van der Waals surface area contributed by atoms with Gasteiger partial charge in [0.05, 0.1) is 0 Å². The van der Waals surface area contributed by atoms with Crippen LogP contribution in [0.1, 0.15) is 39.0 Å². The molecule has 1 aliphatic rings. The maximum Gasteiger partial charge on any atom is -0.00183 e. The summed E-state index contributed by atoms with van der Waals surface area (Å²) in [7, 11) is 0. The minimum Gasteiger partial charge on any atom is -0.317 e. The number of rotatable bonds is 7. The second-order valence-electron chi connectivity index (χ2n) is 3.96. The van der Waals surface area contributed by atoms with Gasteiger partial charge in [0.15, 0.2) is 0 Å². The average Bonchev–Trinajstić information content (AvgIpc) is 2.63. The van der Waals surface area contributed by atoms with Crippen LogP contribution in [0.5, 0.6) is 0 Å². The van der Waals surface area contributed by atoms with Crippen LogP contribution in [0.25, 0.3) is 0 Å². The van der Waals surface area contributed by atoms with Gasteiger partial charge in [-0.2, -0.15) is 0 Å². The summed E-state index contributed by atoms with van der Waals surface area (Å²) < 4.78 is 0. The minimum absolute atomic E-state index is 1.12. The molecular formula is C11H24N2. The van der Waals surface area contributed by atoms with Gasteiger partial charge in [-0.25, -0.2) is 0 Å². The maximum atomic E-state index is 3.36. The summed E-state index contributed by atoms with van der Waals surface area (Å²) in [4.78, 5) is 2.60. The van der Waals surface area contributed by atoms with Crippen molar-refractivity contribution in [3.63, 3.8) is 0 Å². The summed E-state index contributed by atoms with van der Waals surface area (Å²) in [6, 6.07) is 0. The van der Waals surface area contributed by atoms with Crippen LogP contribution in [-0.2, 0) is 0 Å². The fraction of sp³-hybridized carbons (Fsp3) is 1.00. The van der Waals surface area contributed by atoms with E-state index in [1.165, 1.54) is 58.3 Å². The van der Waals surface area contributed by atoms with E-state index in [-0.39, 0.29) is 0 Å². The molecule has 0 aromatic rings. The Kier molecular flexibility index (Phi) is 6.21. The molecule has 0 saturated carbocycles. The molecule has 0 aliphatic carbocycles. The van der Waals surface area contributed by atoms with E-state index in [2.05, 4.69) is 17.1 Å². The van der Waals surface area contributed by atoms with E-state index in [4.69, 9.17) is 0 Å². The standard InChI is InChI=1S/C11H24N2/c1-2-12-8-4-3-5-9-13-10-6-7-11-13/h12H,2-11H2,1H3. The normalized spacial score (nSPS) is 18.2. The van der Waals surface area contributed by atoms with Crippen LogP contribution < -0.4 is 5.32 Å². The van der Waals surface area contributed by atoms with E-state index in [0.29, 0.717) is 0 Å². The number of hydrogen-bond acceptors (Lipinski definition) is 2. The molecule has 0 radical (unpaired) electrons. The van der Waals surface area contributed by atoms with Crippen molar-refractivity contribution in [2.75, 3.05) is 32.7 Å². The third kappa shape index (κ3) is 5.27. The smallest absolute Gasteiger partial charge is 0.00183 e. The van der Waals surface area contributed by atoms with Crippen LogP contribution in [0.15, 0.2) is 0 Å². The Balaban J connectivity index is 1.78. The summed E-state index contributed by atoms with van der Waals surface area (Å²) in [5.74, 6) is 0. The van der Waals surface area contributed by atoms with Gasteiger partial charge in [-0.05, 0) is 58.4 Å². The van der Waals surface area contributed by atoms with Crippen LogP contribution in [0.3, 0.4) is 0 Å². The van der Waals surface area contributed by atoms with Gasteiger partial charge >= 0.3 is 0 Å². The van der Waals surface area contributed by atoms with Crippen LogP contribution in [0.4, 0.5) is 0 Å². The average molecular weight is 184 g/mol. The van der Waals surface area contributed by atoms with Gasteiger partial charge in [0.2, 0.25) is 0 Å². The number of nitrogens with one attached hydrogen (secondary N) is 1. The Hall–Kier alpha value is -0.0800. The molecule has 1 N–H and O–H groups in total. The summed E-state index contributed by atoms with van der Waals surface area (Å²) >= 11 is 0. The first-order chi connectivity index (χ1) is 6.43. The first-order valence-corrected chi connectivity index (χ1v) is 5.86. The van der Waals surface area contributed by atoms with Crippen LogP contribution in [0.2, 0.25) is 0 Å². The Morgan fingerprint density at radius 1 is 1.08 bits per heavy atom. The highest BCUT2D eigenvalue weighted by Crippen LogP contribution is 2.08. The molecule has 0 aromatic carbocycles. The molecular weight excluding hydrogens is 160 g/mol. The van der Waals surface area contributed by atoms with E-state index in [1.54, 1.807) is 0 Å². The topological polar surface area (TPSA) is 15.3 Å². The third-order valence-electron chi connectivity index (χ3n) is 2.78. The van der Waals surface area contributed by atoms with Crippen molar-refractivity contribution in [3.05, 3.63) is 0 Å². The van der Waals surface area contributed by atoms with E-state index in [0.717, 1.165) is 6.54 Å². The zero-order valence-electron chi connectivity index (χ0n) is 9.02. The van der Waals surface area contributed by atoms with E-state index in [9.17, 15) is 0 Å². The fourth-order valence-corrected chi connectivity index (χ4v) is 1.95. The second kappa shape index (κ2) is 7.34. The molecule has 0 aromatic heterocycles. The van der Waals surface area contributed by atoms with E-state index >= 15 is 0 Å². The Morgan fingerprint density at radius 2 is 1.85 bits per heavy atom. The predicted molar refractivity (Wildman–Crippen MR) is 58.1 cm³/mol. The quantitative estimate of drug-likeness (QED) is 0.608. The van der Waals surface area contributed by atoms with Crippen molar-refractivity contribution < 1.29 is 0 Å². The van der Waals surface area contributed by atoms with Gasteiger partial charge in [-0.15, -0.1) is 0 Å². The van der Waals surface area contributed by atoms with Crippen molar-refractivity contribution in [1.82, 2.24) is 10.2 Å². The first-order valence-electron chi connectivity index (χ1n) is 5.86.